The fraction of sp³-hybridized carbons (Fsp3) is 0.417. The second kappa shape index (κ2) is 3.93. The minimum Gasteiger partial charge on any atom is -0.247 e. The molecule has 0 unspecified atom stereocenters. The van der Waals surface area contributed by atoms with Gasteiger partial charge in [0.05, 0.1) is 11.3 Å². The first-order valence-corrected chi connectivity index (χ1v) is 5.35. The van der Waals surface area contributed by atoms with Crippen LogP contribution in [0.5, 0.6) is 0 Å². The van der Waals surface area contributed by atoms with Crippen molar-refractivity contribution in [3.05, 3.63) is 23.5 Å². The number of aryl methyl sites for hydroxylation is 1. The van der Waals surface area contributed by atoms with Gasteiger partial charge >= 0.3 is 0 Å². The molecule has 2 aromatic rings. The molecule has 0 N–H and O–H groups in total. The van der Waals surface area contributed by atoms with E-state index in [0.29, 0.717) is 11.5 Å². The van der Waals surface area contributed by atoms with Crippen LogP contribution >= 0.6 is 0 Å². The normalized spacial score (nSPS) is 10.9. The van der Waals surface area contributed by atoms with Crippen molar-refractivity contribution in [2.45, 2.75) is 27.3 Å². The molecule has 0 aliphatic rings. The maximum absolute atomic E-state index is 8.82. The highest BCUT2D eigenvalue weighted by molar-refractivity contribution is 5.79. The molecule has 0 saturated heterocycles. The molecule has 2 aromatic heterocycles. The van der Waals surface area contributed by atoms with Crippen LogP contribution in [0.3, 0.4) is 0 Å². The van der Waals surface area contributed by atoms with Crippen molar-refractivity contribution in [2.75, 3.05) is 0 Å². The van der Waals surface area contributed by atoms with Crippen LogP contribution in [0.1, 0.15) is 25.1 Å². The van der Waals surface area contributed by atoms with E-state index >= 15 is 0 Å². The molecule has 0 atom stereocenters. The number of nitrogens with zero attached hydrogens (tertiary/aromatic N) is 4. The first kappa shape index (κ1) is 10.6. The van der Waals surface area contributed by atoms with Gasteiger partial charge in [-0.25, -0.2) is 9.67 Å². The molecule has 82 valence electrons. The van der Waals surface area contributed by atoms with Gasteiger partial charge in [-0.2, -0.15) is 10.4 Å². The van der Waals surface area contributed by atoms with Gasteiger partial charge in [-0.15, -0.1) is 0 Å². The summed E-state index contributed by atoms with van der Waals surface area (Å²) in [4.78, 5) is 4.30. The molecule has 0 bridgehead atoms. The molecule has 2 heterocycles. The molecular weight excluding hydrogens is 200 g/mol. The van der Waals surface area contributed by atoms with Gasteiger partial charge in [0, 0.05) is 18.1 Å². The lowest BCUT2D eigenvalue weighted by Crippen LogP contribution is -2.06. The summed E-state index contributed by atoms with van der Waals surface area (Å²) >= 11 is 0. The van der Waals surface area contributed by atoms with E-state index in [9.17, 15) is 0 Å². The monoisotopic (exact) mass is 214 g/mol. The number of rotatable bonds is 2. The standard InChI is InChI=1S/C12H14N4/c1-8(2)7-16-12-11(9(3)15-16)4-10(5-13)6-14-12/h4,6,8H,7H2,1-3H3. The Bertz CT molecular complexity index is 560. The van der Waals surface area contributed by atoms with Crippen LogP contribution in [0.2, 0.25) is 0 Å². The van der Waals surface area contributed by atoms with Gasteiger partial charge in [-0.3, -0.25) is 0 Å². The molecule has 0 spiro atoms. The number of fused-ring (bicyclic) bond motifs is 1. The molecule has 0 fully saturated rings. The number of hydrogen-bond donors (Lipinski definition) is 0. The van der Waals surface area contributed by atoms with Crippen molar-refractivity contribution in [2.24, 2.45) is 5.92 Å². The van der Waals surface area contributed by atoms with Gasteiger partial charge in [0.2, 0.25) is 0 Å². The molecule has 0 aliphatic heterocycles. The Labute approximate surface area is 94.5 Å². The molecule has 0 radical (unpaired) electrons. The number of hydrogen-bond acceptors (Lipinski definition) is 3. The highest BCUT2D eigenvalue weighted by Gasteiger charge is 2.10. The zero-order valence-corrected chi connectivity index (χ0v) is 9.73. The summed E-state index contributed by atoms with van der Waals surface area (Å²) < 4.78 is 1.91. The lowest BCUT2D eigenvalue weighted by atomic mass is 10.2. The summed E-state index contributed by atoms with van der Waals surface area (Å²) in [7, 11) is 0. The first-order valence-electron chi connectivity index (χ1n) is 5.35. The summed E-state index contributed by atoms with van der Waals surface area (Å²) in [6.45, 7) is 7.09. The lowest BCUT2D eigenvalue weighted by molar-refractivity contribution is 0.490. The molecule has 2 rings (SSSR count). The fourth-order valence-electron chi connectivity index (χ4n) is 1.75. The van der Waals surface area contributed by atoms with Gasteiger partial charge < -0.3 is 0 Å². The van der Waals surface area contributed by atoms with Crippen molar-refractivity contribution in [3.63, 3.8) is 0 Å². The van der Waals surface area contributed by atoms with E-state index in [0.717, 1.165) is 23.3 Å². The van der Waals surface area contributed by atoms with E-state index < -0.39 is 0 Å². The van der Waals surface area contributed by atoms with Crippen molar-refractivity contribution in [1.29, 1.82) is 5.26 Å². The minimum atomic E-state index is 0.528. The van der Waals surface area contributed by atoms with Crippen LogP contribution in [0, 0.1) is 24.2 Å². The predicted molar refractivity (Wildman–Crippen MR) is 61.8 cm³/mol. The second-order valence-electron chi connectivity index (χ2n) is 4.37. The molecular formula is C12H14N4. The average Bonchev–Trinajstić information content (AvgIpc) is 2.54. The van der Waals surface area contributed by atoms with E-state index in [4.69, 9.17) is 5.26 Å². The van der Waals surface area contributed by atoms with Crippen LogP contribution < -0.4 is 0 Å². The Kier molecular flexibility index (Phi) is 2.61. The van der Waals surface area contributed by atoms with Gasteiger partial charge in [0.1, 0.15) is 6.07 Å². The van der Waals surface area contributed by atoms with Crippen molar-refractivity contribution < 1.29 is 0 Å². The van der Waals surface area contributed by atoms with Crippen LogP contribution in [-0.2, 0) is 6.54 Å². The highest BCUT2D eigenvalue weighted by Crippen LogP contribution is 2.18. The van der Waals surface area contributed by atoms with Gasteiger partial charge in [-0.1, -0.05) is 13.8 Å². The summed E-state index contributed by atoms with van der Waals surface area (Å²) in [5.41, 5.74) is 2.38. The zero-order valence-electron chi connectivity index (χ0n) is 9.73. The van der Waals surface area contributed by atoms with E-state index in [1.54, 1.807) is 6.20 Å². The summed E-state index contributed by atoms with van der Waals surface area (Å²) in [6, 6.07) is 3.95. The summed E-state index contributed by atoms with van der Waals surface area (Å²) in [6.07, 6.45) is 1.60. The molecule has 4 heteroatoms. The largest absolute Gasteiger partial charge is 0.247 e. The topological polar surface area (TPSA) is 54.5 Å². The fourth-order valence-corrected chi connectivity index (χ4v) is 1.75. The lowest BCUT2D eigenvalue weighted by Gasteiger charge is -2.05. The minimum absolute atomic E-state index is 0.528. The van der Waals surface area contributed by atoms with Crippen molar-refractivity contribution in [3.8, 4) is 6.07 Å². The molecule has 0 saturated carbocycles. The zero-order chi connectivity index (χ0) is 11.7. The maximum atomic E-state index is 8.82. The first-order chi connectivity index (χ1) is 7.61. The second-order valence-corrected chi connectivity index (χ2v) is 4.37. The van der Waals surface area contributed by atoms with E-state index in [2.05, 4.69) is 30.0 Å². The smallest absolute Gasteiger partial charge is 0.158 e. The van der Waals surface area contributed by atoms with Crippen LogP contribution in [-0.4, -0.2) is 14.8 Å². The Morgan fingerprint density at radius 2 is 2.25 bits per heavy atom. The Morgan fingerprint density at radius 1 is 1.50 bits per heavy atom. The van der Waals surface area contributed by atoms with Crippen LogP contribution in [0.15, 0.2) is 12.3 Å². The quantitative estimate of drug-likeness (QED) is 0.770. The molecule has 4 nitrogen and oxygen atoms in total. The number of aromatic nitrogens is 3. The Balaban J connectivity index is 2.59. The van der Waals surface area contributed by atoms with Gasteiger partial charge in [0.15, 0.2) is 5.65 Å². The van der Waals surface area contributed by atoms with Gasteiger partial charge in [-0.05, 0) is 18.9 Å². The molecule has 16 heavy (non-hydrogen) atoms. The predicted octanol–water partition coefficient (Wildman–Crippen LogP) is 2.27. The number of pyridine rings is 1. The summed E-state index contributed by atoms with van der Waals surface area (Å²) in [5, 5.41) is 14.2. The Morgan fingerprint density at radius 3 is 2.88 bits per heavy atom. The van der Waals surface area contributed by atoms with Crippen molar-refractivity contribution >= 4 is 11.0 Å². The highest BCUT2D eigenvalue weighted by atomic mass is 15.3. The van der Waals surface area contributed by atoms with Crippen molar-refractivity contribution in [1.82, 2.24) is 14.8 Å². The van der Waals surface area contributed by atoms with Crippen LogP contribution in [0.4, 0.5) is 0 Å². The average molecular weight is 214 g/mol. The van der Waals surface area contributed by atoms with E-state index in [1.807, 2.05) is 17.7 Å². The van der Waals surface area contributed by atoms with Gasteiger partial charge in [0.25, 0.3) is 0 Å². The third-order valence-electron chi connectivity index (χ3n) is 2.44. The Hall–Kier alpha value is -1.89. The van der Waals surface area contributed by atoms with E-state index in [-0.39, 0.29) is 0 Å². The van der Waals surface area contributed by atoms with E-state index in [1.165, 1.54) is 0 Å². The third kappa shape index (κ3) is 1.76. The molecule has 0 amide bonds. The molecule has 0 aliphatic carbocycles. The SMILES string of the molecule is Cc1nn(CC(C)C)c2ncc(C#N)cc12. The maximum Gasteiger partial charge on any atom is 0.158 e. The molecule has 0 aromatic carbocycles. The third-order valence-corrected chi connectivity index (χ3v) is 2.44. The number of nitriles is 1. The van der Waals surface area contributed by atoms with Crippen LogP contribution in [0.25, 0.3) is 11.0 Å². The summed E-state index contributed by atoms with van der Waals surface area (Å²) in [5.74, 6) is 0.528.